The molecule has 9 heteroatoms. The van der Waals surface area contributed by atoms with Gasteiger partial charge in [-0.2, -0.15) is 0 Å². The zero-order valence-corrected chi connectivity index (χ0v) is 14.2. The molecule has 0 saturated heterocycles. The Kier molecular flexibility index (Phi) is 6.58. The van der Waals surface area contributed by atoms with E-state index in [2.05, 4.69) is 15.8 Å². The average Bonchev–Trinajstić information content (AvgIpc) is 2.98. The van der Waals surface area contributed by atoms with Crippen molar-refractivity contribution in [3.8, 4) is 0 Å². The summed E-state index contributed by atoms with van der Waals surface area (Å²) < 4.78 is 4.83. The average molecular weight is 363 g/mol. The Morgan fingerprint density at radius 1 is 1.20 bits per heavy atom. The number of nitrogens with one attached hydrogen (secondary N) is 2. The molecule has 1 aromatic heterocycles. The van der Waals surface area contributed by atoms with Gasteiger partial charge in [-0.1, -0.05) is 35.5 Å². The molecule has 2 amide bonds. The maximum absolute atomic E-state index is 11.9. The van der Waals surface area contributed by atoms with Gasteiger partial charge in [0, 0.05) is 6.07 Å². The SMILES string of the molecule is Cc1cc(NC(=O)CSCC(=O)NC(C(=O)O)c2ccccc2)no1. The van der Waals surface area contributed by atoms with Crippen LogP contribution in [0.3, 0.4) is 0 Å². The zero-order chi connectivity index (χ0) is 18.2. The summed E-state index contributed by atoms with van der Waals surface area (Å²) in [6.45, 7) is 1.70. The quantitative estimate of drug-likeness (QED) is 0.651. The molecule has 25 heavy (non-hydrogen) atoms. The molecule has 0 spiro atoms. The summed E-state index contributed by atoms with van der Waals surface area (Å²) in [5.41, 5.74) is 0.479. The normalized spacial score (nSPS) is 11.6. The molecular weight excluding hydrogens is 346 g/mol. The summed E-state index contributed by atoms with van der Waals surface area (Å²) in [5, 5.41) is 17.9. The number of rotatable bonds is 8. The summed E-state index contributed by atoms with van der Waals surface area (Å²) in [5.74, 6) is -1.07. The predicted octanol–water partition coefficient (Wildman–Crippen LogP) is 1.60. The van der Waals surface area contributed by atoms with Crippen LogP contribution in [-0.2, 0) is 14.4 Å². The monoisotopic (exact) mass is 363 g/mol. The molecule has 1 atom stereocenters. The van der Waals surface area contributed by atoms with Gasteiger partial charge in [0.15, 0.2) is 11.9 Å². The number of thioether (sulfide) groups is 1. The Bertz CT molecular complexity index is 747. The molecular formula is C16H17N3O5S. The van der Waals surface area contributed by atoms with Gasteiger partial charge in [0.05, 0.1) is 11.5 Å². The third-order valence-corrected chi connectivity index (χ3v) is 3.98. The number of aryl methyl sites for hydroxylation is 1. The van der Waals surface area contributed by atoms with E-state index < -0.39 is 17.9 Å². The minimum atomic E-state index is -1.15. The molecule has 2 aromatic rings. The second-order valence-electron chi connectivity index (χ2n) is 5.11. The van der Waals surface area contributed by atoms with Crippen molar-refractivity contribution in [1.82, 2.24) is 10.5 Å². The first-order chi connectivity index (χ1) is 12.0. The molecule has 0 saturated carbocycles. The number of carboxylic acids is 1. The van der Waals surface area contributed by atoms with E-state index in [-0.39, 0.29) is 17.4 Å². The molecule has 0 aliphatic rings. The second kappa shape index (κ2) is 8.88. The number of aromatic nitrogens is 1. The number of nitrogens with zero attached hydrogens (tertiary/aromatic N) is 1. The Labute approximate surface area is 148 Å². The van der Waals surface area contributed by atoms with E-state index in [1.54, 1.807) is 43.3 Å². The lowest BCUT2D eigenvalue weighted by molar-refractivity contribution is -0.141. The fourth-order valence-electron chi connectivity index (χ4n) is 1.98. The fourth-order valence-corrected chi connectivity index (χ4v) is 2.60. The third-order valence-electron chi connectivity index (χ3n) is 3.05. The number of carbonyl (C=O) groups is 3. The van der Waals surface area contributed by atoms with Crippen molar-refractivity contribution < 1.29 is 24.0 Å². The van der Waals surface area contributed by atoms with E-state index >= 15 is 0 Å². The highest BCUT2D eigenvalue weighted by Gasteiger charge is 2.21. The summed E-state index contributed by atoms with van der Waals surface area (Å²) in [7, 11) is 0. The van der Waals surface area contributed by atoms with E-state index in [1.807, 2.05) is 0 Å². The highest BCUT2D eigenvalue weighted by molar-refractivity contribution is 8.00. The molecule has 8 nitrogen and oxygen atoms in total. The van der Waals surface area contributed by atoms with E-state index in [1.165, 1.54) is 0 Å². The zero-order valence-electron chi connectivity index (χ0n) is 13.4. The van der Waals surface area contributed by atoms with Crippen LogP contribution in [0.1, 0.15) is 17.4 Å². The molecule has 0 radical (unpaired) electrons. The number of carbonyl (C=O) groups excluding carboxylic acids is 2. The third kappa shape index (κ3) is 5.96. The lowest BCUT2D eigenvalue weighted by atomic mass is 10.1. The number of amides is 2. The van der Waals surface area contributed by atoms with E-state index in [9.17, 15) is 19.5 Å². The predicted molar refractivity (Wildman–Crippen MR) is 92.2 cm³/mol. The Balaban J connectivity index is 1.77. The Morgan fingerprint density at radius 2 is 1.88 bits per heavy atom. The first-order valence-corrected chi connectivity index (χ1v) is 8.49. The molecule has 0 bridgehead atoms. The summed E-state index contributed by atoms with van der Waals surface area (Å²) in [6.07, 6.45) is 0. The minimum absolute atomic E-state index is 0.0302. The molecule has 132 valence electrons. The Hall–Kier alpha value is -2.81. The van der Waals surface area contributed by atoms with Crippen LogP contribution in [0.2, 0.25) is 0 Å². The van der Waals surface area contributed by atoms with Crippen LogP contribution in [-0.4, -0.2) is 39.6 Å². The first kappa shape index (κ1) is 18.5. The Morgan fingerprint density at radius 3 is 2.48 bits per heavy atom. The van der Waals surface area contributed by atoms with E-state index in [4.69, 9.17) is 4.52 Å². The molecule has 0 aliphatic heterocycles. The first-order valence-electron chi connectivity index (χ1n) is 7.33. The van der Waals surface area contributed by atoms with Crippen molar-refractivity contribution in [2.24, 2.45) is 0 Å². The lowest BCUT2D eigenvalue weighted by Gasteiger charge is -2.14. The number of hydrogen-bond donors (Lipinski definition) is 3. The van der Waals surface area contributed by atoms with Gasteiger partial charge in [-0.15, -0.1) is 11.8 Å². The molecule has 1 heterocycles. The van der Waals surface area contributed by atoms with Crippen LogP contribution < -0.4 is 10.6 Å². The molecule has 2 rings (SSSR count). The largest absolute Gasteiger partial charge is 0.479 e. The number of benzene rings is 1. The van der Waals surface area contributed by atoms with Gasteiger partial charge in [0.1, 0.15) is 5.76 Å². The number of carboxylic acid groups (broad SMARTS) is 1. The smallest absolute Gasteiger partial charge is 0.330 e. The second-order valence-corrected chi connectivity index (χ2v) is 6.10. The lowest BCUT2D eigenvalue weighted by Crippen LogP contribution is -2.35. The highest BCUT2D eigenvalue weighted by atomic mass is 32.2. The fraction of sp³-hybridized carbons (Fsp3) is 0.250. The van der Waals surface area contributed by atoms with Crippen LogP contribution in [0.25, 0.3) is 0 Å². The van der Waals surface area contributed by atoms with Gasteiger partial charge in [-0.25, -0.2) is 4.79 Å². The van der Waals surface area contributed by atoms with Crippen LogP contribution in [0.5, 0.6) is 0 Å². The standard InChI is InChI=1S/C16H17N3O5S/c1-10-7-12(19-24-10)17-13(20)8-25-9-14(21)18-15(16(22)23)11-5-3-2-4-6-11/h2-7,15H,8-9H2,1H3,(H,18,21)(H,22,23)(H,17,19,20). The van der Waals surface area contributed by atoms with Gasteiger partial charge in [0.25, 0.3) is 0 Å². The van der Waals surface area contributed by atoms with Crippen LogP contribution >= 0.6 is 11.8 Å². The molecule has 1 aromatic carbocycles. The number of hydrogen-bond acceptors (Lipinski definition) is 6. The van der Waals surface area contributed by atoms with Crippen LogP contribution in [0.4, 0.5) is 5.82 Å². The van der Waals surface area contributed by atoms with Gasteiger partial charge in [0.2, 0.25) is 11.8 Å². The van der Waals surface area contributed by atoms with Crippen LogP contribution in [0.15, 0.2) is 40.9 Å². The minimum Gasteiger partial charge on any atom is -0.479 e. The van der Waals surface area contributed by atoms with Crippen molar-refractivity contribution in [3.63, 3.8) is 0 Å². The van der Waals surface area contributed by atoms with Gasteiger partial charge in [-0.05, 0) is 12.5 Å². The molecule has 0 fully saturated rings. The number of anilines is 1. The van der Waals surface area contributed by atoms with Crippen molar-refractivity contribution in [2.75, 3.05) is 16.8 Å². The summed E-state index contributed by atoms with van der Waals surface area (Å²) >= 11 is 1.07. The number of aliphatic carboxylic acids is 1. The maximum atomic E-state index is 11.9. The molecule has 3 N–H and O–H groups in total. The maximum Gasteiger partial charge on any atom is 0.330 e. The molecule has 1 unspecified atom stereocenters. The van der Waals surface area contributed by atoms with Crippen molar-refractivity contribution in [2.45, 2.75) is 13.0 Å². The van der Waals surface area contributed by atoms with E-state index in [0.717, 1.165) is 11.8 Å². The van der Waals surface area contributed by atoms with Crippen molar-refractivity contribution >= 4 is 35.4 Å². The van der Waals surface area contributed by atoms with E-state index in [0.29, 0.717) is 17.1 Å². The summed E-state index contributed by atoms with van der Waals surface area (Å²) in [6, 6.07) is 8.85. The highest BCUT2D eigenvalue weighted by Crippen LogP contribution is 2.13. The van der Waals surface area contributed by atoms with Crippen molar-refractivity contribution in [3.05, 3.63) is 47.7 Å². The van der Waals surface area contributed by atoms with Crippen LogP contribution in [0, 0.1) is 6.92 Å². The van der Waals surface area contributed by atoms with Crippen molar-refractivity contribution in [1.29, 1.82) is 0 Å². The summed E-state index contributed by atoms with van der Waals surface area (Å²) in [4.78, 5) is 35.0. The van der Waals surface area contributed by atoms with Gasteiger partial charge < -0.3 is 20.3 Å². The molecule has 0 aliphatic carbocycles. The van der Waals surface area contributed by atoms with Gasteiger partial charge in [-0.3, -0.25) is 9.59 Å². The van der Waals surface area contributed by atoms with Gasteiger partial charge >= 0.3 is 5.97 Å². The topological polar surface area (TPSA) is 122 Å².